The molecule has 0 unspecified atom stereocenters. The Morgan fingerprint density at radius 1 is 1.05 bits per heavy atom. The third-order valence-corrected chi connectivity index (χ3v) is 6.12. The summed E-state index contributed by atoms with van der Waals surface area (Å²) in [6, 6.07) is 19.0. The number of carbonyl (C=O) groups excluding carboxylic acids is 2. The van der Waals surface area contributed by atoms with Gasteiger partial charge in [0.25, 0.3) is 11.5 Å². The molecule has 202 valence electrons. The monoisotopic (exact) mass is 530 g/mol. The molecule has 3 N–H and O–H groups in total. The van der Waals surface area contributed by atoms with Gasteiger partial charge in [0.05, 0.1) is 30.2 Å². The summed E-state index contributed by atoms with van der Waals surface area (Å²) in [5.41, 5.74) is 1.99. The third-order valence-electron chi connectivity index (χ3n) is 6.12. The summed E-state index contributed by atoms with van der Waals surface area (Å²) in [6.45, 7) is 2.04. The van der Waals surface area contributed by atoms with Crippen molar-refractivity contribution in [2.45, 2.75) is 13.5 Å². The number of likely N-dealkylation sites (N-methyl/N-ethyl adjacent to an activating group) is 1. The zero-order chi connectivity index (χ0) is 27.9. The molecular formula is C28H30N6O5. The number of pyridine rings is 1. The van der Waals surface area contributed by atoms with Crippen molar-refractivity contribution < 1.29 is 19.4 Å². The van der Waals surface area contributed by atoms with Crippen molar-refractivity contribution in [2.75, 3.05) is 25.5 Å². The van der Waals surface area contributed by atoms with Gasteiger partial charge in [0.1, 0.15) is 17.1 Å². The van der Waals surface area contributed by atoms with Crippen LogP contribution < -0.4 is 20.9 Å². The topological polar surface area (TPSA) is 131 Å². The third kappa shape index (κ3) is 6.33. The van der Waals surface area contributed by atoms with E-state index in [1.54, 1.807) is 80.4 Å². The van der Waals surface area contributed by atoms with Crippen LogP contribution >= 0.6 is 0 Å². The second-order valence-corrected chi connectivity index (χ2v) is 8.80. The highest BCUT2D eigenvalue weighted by molar-refractivity contribution is 6.05. The summed E-state index contributed by atoms with van der Waals surface area (Å²) in [4.78, 5) is 43.7. The number of ether oxygens (including phenoxy) is 1. The van der Waals surface area contributed by atoms with Crippen LogP contribution in [-0.4, -0.2) is 56.5 Å². The molecule has 3 amide bonds. The molecule has 39 heavy (non-hydrogen) atoms. The molecule has 0 atom stereocenters. The summed E-state index contributed by atoms with van der Waals surface area (Å²) in [7, 11) is 3.33. The van der Waals surface area contributed by atoms with Crippen LogP contribution in [0.2, 0.25) is 0 Å². The first-order valence-corrected chi connectivity index (χ1v) is 12.3. The van der Waals surface area contributed by atoms with E-state index in [-0.39, 0.29) is 31.3 Å². The second-order valence-electron chi connectivity index (χ2n) is 8.80. The van der Waals surface area contributed by atoms with Crippen LogP contribution in [0.1, 0.15) is 21.7 Å². The molecule has 0 radical (unpaired) electrons. The lowest BCUT2D eigenvalue weighted by Crippen LogP contribution is -2.38. The Hall–Kier alpha value is -4.90. The van der Waals surface area contributed by atoms with Crippen molar-refractivity contribution in [2.24, 2.45) is 7.05 Å². The zero-order valence-corrected chi connectivity index (χ0v) is 21.9. The molecule has 0 saturated heterocycles. The minimum atomic E-state index is -0.498. The minimum absolute atomic E-state index is 0.0700. The molecule has 0 saturated carbocycles. The van der Waals surface area contributed by atoms with Gasteiger partial charge >= 0.3 is 6.03 Å². The number of amides is 3. The van der Waals surface area contributed by atoms with Crippen molar-refractivity contribution in [3.8, 4) is 17.2 Å². The van der Waals surface area contributed by atoms with Crippen molar-refractivity contribution >= 4 is 17.6 Å². The lowest BCUT2D eigenvalue weighted by atomic mass is 10.2. The van der Waals surface area contributed by atoms with E-state index in [1.807, 2.05) is 18.2 Å². The van der Waals surface area contributed by atoms with E-state index >= 15 is 0 Å². The van der Waals surface area contributed by atoms with Crippen LogP contribution in [0.4, 0.5) is 10.5 Å². The van der Waals surface area contributed by atoms with Gasteiger partial charge in [-0.25, -0.2) is 9.48 Å². The molecule has 0 aliphatic carbocycles. The highest BCUT2D eigenvalue weighted by Gasteiger charge is 2.22. The molecule has 0 spiro atoms. The number of nitrogens with one attached hydrogen (secondary N) is 2. The predicted octanol–water partition coefficient (Wildman–Crippen LogP) is 3.06. The lowest BCUT2D eigenvalue weighted by Gasteiger charge is -2.16. The van der Waals surface area contributed by atoms with E-state index in [4.69, 9.17) is 9.84 Å². The summed E-state index contributed by atoms with van der Waals surface area (Å²) in [5, 5.41) is 14.5. The highest BCUT2D eigenvalue weighted by atomic mass is 16.5. The first kappa shape index (κ1) is 27.1. The molecule has 2 aromatic heterocycles. The van der Waals surface area contributed by atoms with Crippen molar-refractivity contribution in [1.82, 2.24) is 24.6 Å². The number of urea groups is 1. The SMILES string of the molecule is Cc1c(C(=O)Nc2ccc(Oc3ccnc(CNC(=O)N(C)CCO)c3)cc2)c(=O)n(-c2ccccc2)n1C. The number of hydrogen-bond acceptors (Lipinski definition) is 6. The standard InChI is InChI=1S/C28H30N6O5/c1-19-25(27(37)34(33(19)3)22-7-5-4-6-8-22)26(36)31-20-9-11-23(12-10-20)39-24-13-14-29-21(17-24)18-30-28(38)32(2)15-16-35/h4-14,17,35H,15-16,18H2,1-3H3,(H,30,38)(H,31,36). The fourth-order valence-corrected chi connectivity index (χ4v) is 3.93. The van der Waals surface area contributed by atoms with Gasteiger partial charge in [0.15, 0.2) is 0 Å². The van der Waals surface area contributed by atoms with Crippen LogP contribution in [-0.2, 0) is 13.6 Å². The summed E-state index contributed by atoms with van der Waals surface area (Å²) < 4.78 is 9.02. The number of aliphatic hydroxyl groups excluding tert-OH is 1. The van der Waals surface area contributed by atoms with Crippen molar-refractivity contribution in [3.05, 3.63) is 100 Å². The van der Waals surface area contributed by atoms with Gasteiger partial charge in [0.2, 0.25) is 0 Å². The normalized spacial score (nSPS) is 10.7. The van der Waals surface area contributed by atoms with Gasteiger partial charge in [-0.3, -0.25) is 19.3 Å². The molecule has 2 aromatic carbocycles. The molecule has 0 bridgehead atoms. The molecule has 11 nitrogen and oxygen atoms in total. The number of aliphatic hydroxyl groups is 1. The molecule has 0 aliphatic heterocycles. The fraction of sp³-hybridized carbons (Fsp3) is 0.214. The Labute approximate surface area is 225 Å². The minimum Gasteiger partial charge on any atom is -0.457 e. The smallest absolute Gasteiger partial charge is 0.317 e. The fourth-order valence-electron chi connectivity index (χ4n) is 3.93. The summed E-state index contributed by atoms with van der Waals surface area (Å²) in [6.07, 6.45) is 1.58. The van der Waals surface area contributed by atoms with Gasteiger partial charge in [-0.2, -0.15) is 0 Å². The van der Waals surface area contributed by atoms with E-state index in [0.717, 1.165) is 0 Å². The zero-order valence-electron chi connectivity index (χ0n) is 21.9. The quantitative estimate of drug-likeness (QED) is 0.305. The van der Waals surface area contributed by atoms with Crippen molar-refractivity contribution in [1.29, 1.82) is 0 Å². The van der Waals surface area contributed by atoms with E-state index < -0.39 is 11.5 Å². The molecule has 4 aromatic rings. The largest absolute Gasteiger partial charge is 0.457 e. The highest BCUT2D eigenvalue weighted by Crippen LogP contribution is 2.23. The first-order valence-electron chi connectivity index (χ1n) is 12.3. The molecule has 11 heteroatoms. The Morgan fingerprint density at radius 3 is 2.46 bits per heavy atom. The number of anilines is 1. The van der Waals surface area contributed by atoms with Gasteiger partial charge in [0, 0.05) is 38.6 Å². The summed E-state index contributed by atoms with van der Waals surface area (Å²) in [5.74, 6) is 0.553. The maximum atomic E-state index is 13.1. The maximum Gasteiger partial charge on any atom is 0.317 e. The number of para-hydroxylation sites is 1. The van der Waals surface area contributed by atoms with E-state index in [9.17, 15) is 14.4 Å². The molecule has 0 aliphatic rings. The maximum absolute atomic E-state index is 13.1. The Bertz CT molecular complexity index is 1510. The van der Waals surface area contributed by atoms with E-state index in [0.29, 0.717) is 34.3 Å². The number of rotatable bonds is 9. The Morgan fingerprint density at radius 2 is 1.77 bits per heavy atom. The number of nitrogens with zero attached hydrogens (tertiary/aromatic N) is 4. The van der Waals surface area contributed by atoms with Crippen LogP contribution in [0.3, 0.4) is 0 Å². The van der Waals surface area contributed by atoms with Crippen LogP contribution in [0.25, 0.3) is 5.69 Å². The van der Waals surface area contributed by atoms with Crippen LogP contribution in [0.15, 0.2) is 77.7 Å². The lowest BCUT2D eigenvalue weighted by molar-refractivity contribution is 0.102. The van der Waals surface area contributed by atoms with Crippen LogP contribution in [0, 0.1) is 6.92 Å². The van der Waals surface area contributed by atoms with E-state index in [2.05, 4.69) is 15.6 Å². The molecule has 2 heterocycles. The Kier molecular flexibility index (Phi) is 8.42. The number of hydrogen-bond donors (Lipinski definition) is 3. The van der Waals surface area contributed by atoms with Gasteiger partial charge in [-0.15, -0.1) is 0 Å². The van der Waals surface area contributed by atoms with E-state index in [1.165, 1.54) is 9.58 Å². The van der Waals surface area contributed by atoms with Gasteiger partial charge < -0.3 is 25.4 Å². The number of aromatic nitrogens is 3. The number of carbonyl (C=O) groups is 2. The average molecular weight is 531 g/mol. The Balaban J connectivity index is 1.41. The summed E-state index contributed by atoms with van der Waals surface area (Å²) >= 11 is 0. The van der Waals surface area contributed by atoms with Crippen molar-refractivity contribution in [3.63, 3.8) is 0 Å². The predicted molar refractivity (Wildman–Crippen MR) is 146 cm³/mol. The van der Waals surface area contributed by atoms with Crippen LogP contribution in [0.5, 0.6) is 11.5 Å². The number of benzene rings is 2. The molecule has 0 fully saturated rings. The van der Waals surface area contributed by atoms with Gasteiger partial charge in [-0.1, -0.05) is 18.2 Å². The van der Waals surface area contributed by atoms with Gasteiger partial charge in [-0.05, 0) is 49.4 Å². The molecule has 4 rings (SSSR count). The second kappa shape index (κ2) is 12.1. The average Bonchev–Trinajstić information content (AvgIpc) is 3.16. The molecular weight excluding hydrogens is 500 g/mol. The first-order chi connectivity index (χ1) is 18.8.